The molecule has 0 amide bonds. The first-order valence-corrected chi connectivity index (χ1v) is 6.25. The van der Waals surface area contributed by atoms with Crippen LogP contribution in [0.3, 0.4) is 0 Å². The highest BCUT2D eigenvalue weighted by Gasteiger charge is 2.07. The molecule has 96 valence electrons. The molecule has 0 aliphatic carbocycles. The van der Waals surface area contributed by atoms with Crippen LogP contribution in [0, 0.1) is 5.82 Å². The molecule has 19 heavy (non-hydrogen) atoms. The molecule has 0 aliphatic heterocycles. The molecule has 0 N–H and O–H groups in total. The Balaban J connectivity index is 2.23. The zero-order valence-corrected chi connectivity index (χ0v) is 11.3. The summed E-state index contributed by atoms with van der Waals surface area (Å²) in [5.41, 5.74) is 0.924. The Morgan fingerprint density at radius 2 is 1.89 bits per heavy atom. The summed E-state index contributed by atoms with van der Waals surface area (Å²) in [6, 6.07) is 10.6. The second-order valence-electron chi connectivity index (χ2n) is 3.88. The van der Waals surface area contributed by atoms with Crippen LogP contribution in [-0.4, -0.2) is 5.78 Å². The fraction of sp³-hybridized carbons (Fsp3) is 0. The molecule has 0 heterocycles. The molecule has 0 unspecified atom stereocenters. The minimum atomic E-state index is -0.351. The molecule has 0 saturated heterocycles. The Morgan fingerprint density at radius 3 is 2.63 bits per heavy atom. The topological polar surface area (TPSA) is 17.1 Å². The van der Waals surface area contributed by atoms with Gasteiger partial charge in [-0.1, -0.05) is 41.4 Å². The molecule has 2 aromatic carbocycles. The van der Waals surface area contributed by atoms with Gasteiger partial charge in [0.2, 0.25) is 0 Å². The van der Waals surface area contributed by atoms with Crippen LogP contribution in [0.4, 0.5) is 4.39 Å². The van der Waals surface area contributed by atoms with Crippen LogP contribution in [0.25, 0.3) is 6.08 Å². The molecule has 0 atom stereocenters. The maximum atomic E-state index is 13.0. The quantitative estimate of drug-likeness (QED) is 0.573. The van der Waals surface area contributed by atoms with Gasteiger partial charge < -0.3 is 0 Å². The lowest BCUT2D eigenvalue weighted by Crippen LogP contribution is -1.95. The van der Waals surface area contributed by atoms with E-state index in [1.54, 1.807) is 24.3 Å². The van der Waals surface area contributed by atoms with Crippen LogP contribution < -0.4 is 0 Å². The van der Waals surface area contributed by atoms with E-state index < -0.39 is 0 Å². The van der Waals surface area contributed by atoms with E-state index in [-0.39, 0.29) is 11.6 Å². The van der Waals surface area contributed by atoms with Gasteiger partial charge in [0, 0.05) is 10.6 Å². The van der Waals surface area contributed by atoms with Crippen molar-refractivity contribution in [2.45, 2.75) is 0 Å². The summed E-state index contributed by atoms with van der Waals surface area (Å²) in [4.78, 5) is 12.0. The molecule has 4 heteroatoms. The predicted octanol–water partition coefficient (Wildman–Crippen LogP) is 5.03. The molecule has 0 aliphatic rings. The lowest BCUT2D eigenvalue weighted by Gasteiger charge is -2.00. The standard InChI is InChI=1S/C15H9Cl2FO/c16-11-5-6-14(17)13(9-11)15(19)7-4-10-2-1-3-12(18)8-10/h1-9H/b7-4+. The van der Waals surface area contributed by atoms with E-state index in [4.69, 9.17) is 23.2 Å². The summed E-state index contributed by atoms with van der Waals surface area (Å²) < 4.78 is 13.0. The number of ketones is 1. The van der Waals surface area contributed by atoms with E-state index >= 15 is 0 Å². The summed E-state index contributed by atoms with van der Waals surface area (Å²) in [6.07, 6.45) is 2.87. The highest BCUT2D eigenvalue weighted by atomic mass is 35.5. The Hall–Kier alpha value is -1.64. The Bertz CT molecular complexity index is 650. The van der Waals surface area contributed by atoms with Gasteiger partial charge in [0.1, 0.15) is 5.82 Å². The maximum absolute atomic E-state index is 13.0. The van der Waals surface area contributed by atoms with E-state index in [1.807, 2.05) is 0 Å². The number of carbonyl (C=O) groups excluding carboxylic acids is 1. The van der Waals surface area contributed by atoms with Crippen molar-refractivity contribution < 1.29 is 9.18 Å². The molecular formula is C15H9Cl2FO. The minimum Gasteiger partial charge on any atom is -0.289 e. The Kier molecular flexibility index (Phi) is 4.35. The van der Waals surface area contributed by atoms with Gasteiger partial charge >= 0.3 is 0 Å². The summed E-state index contributed by atoms with van der Waals surface area (Å²) in [6.45, 7) is 0. The number of allylic oxidation sites excluding steroid dienone is 1. The van der Waals surface area contributed by atoms with Gasteiger partial charge in [0.05, 0.1) is 5.02 Å². The van der Waals surface area contributed by atoms with Crippen molar-refractivity contribution in [1.82, 2.24) is 0 Å². The van der Waals surface area contributed by atoms with Crippen LogP contribution in [0.2, 0.25) is 10.0 Å². The van der Waals surface area contributed by atoms with Gasteiger partial charge in [-0.05, 0) is 42.0 Å². The summed E-state index contributed by atoms with van der Waals surface area (Å²) in [5.74, 6) is -0.632. The first-order chi connectivity index (χ1) is 9.06. The molecule has 2 rings (SSSR count). The average molecular weight is 295 g/mol. The second-order valence-corrected chi connectivity index (χ2v) is 4.72. The van der Waals surface area contributed by atoms with Crippen LogP contribution in [0.15, 0.2) is 48.5 Å². The minimum absolute atomic E-state index is 0.281. The Labute approximate surface area is 120 Å². The highest BCUT2D eigenvalue weighted by molar-refractivity contribution is 6.36. The van der Waals surface area contributed by atoms with Crippen molar-refractivity contribution in [3.63, 3.8) is 0 Å². The number of hydrogen-bond donors (Lipinski definition) is 0. The lowest BCUT2D eigenvalue weighted by atomic mass is 10.1. The van der Waals surface area contributed by atoms with Gasteiger partial charge in [-0.2, -0.15) is 0 Å². The molecule has 2 aromatic rings. The van der Waals surface area contributed by atoms with Crippen molar-refractivity contribution in [2.24, 2.45) is 0 Å². The zero-order valence-electron chi connectivity index (χ0n) is 9.74. The number of hydrogen-bond acceptors (Lipinski definition) is 1. The zero-order chi connectivity index (χ0) is 13.8. The average Bonchev–Trinajstić information content (AvgIpc) is 2.39. The first-order valence-electron chi connectivity index (χ1n) is 5.49. The fourth-order valence-corrected chi connectivity index (χ4v) is 1.94. The normalized spacial score (nSPS) is 10.9. The first kappa shape index (κ1) is 13.8. The largest absolute Gasteiger partial charge is 0.289 e. The monoisotopic (exact) mass is 294 g/mol. The van der Waals surface area contributed by atoms with Crippen LogP contribution in [0.1, 0.15) is 15.9 Å². The van der Waals surface area contributed by atoms with Crippen molar-refractivity contribution in [2.75, 3.05) is 0 Å². The van der Waals surface area contributed by atoms with Crippen LogP contribution in [-0.2, 0) is 0 Å². The maximum Gasteiger partial charge on any atom is 0.187 e. The predicted molar refractivity (Wildman–Crippen MR) is 76.2 cm³/mol. The molecular weight excluding hydrogens is 286 g/mol. The number of benzene rings is 2. The van der Waals surface area contributed by atoms with Gasteiger partial charge in [-0.25, -0.2) is 4.39 Å². The van der Waals surface area contributed by atoms with E-state index in [9.17, 15) is 9.18 Å². The summed E-state index contributed by atoms with van der Waals surface area (Å²) >= 11 is 11.7. The van der Waals surface area contributed by atoms with E-state index in [0.29, 0.717) is 21.2 Å². The SMILES string of the molecule is O=C(/C=C/c1cccc(F)c1)c1cc(Cl)ccc1Cl. The molecule has 0 saturated carbocycles. The lowest BCUT2D eigenvalue weighted by molar-refractivity contribution is 0.104. The molecule has 0 bridgehead atoms. The fourth-order valence-electron chi connectivity index (χ4n) is 1.56. The van der Waals surface area contributed by atoms with E-state index in [2.05, 4.69) is 0 Å². The third-order valence-electron chi connectivity index (χ3n) is 2.47. The van der Waals surface area contributed by atoms with E-state index in [0.717, 1.165) is 0 Å². The number of halogens is 3. The molecule has 0 fully saturated rings. The molecule has 0 radical (unpaired) electrons. The van der Waals surface area contributed by atoms with Crippen LogP contribution in [0.5, 0.6) is 0 Å². The van der Waals surface area contributed by atoms with E-state index in [1.165, 1.54) is 30.4 Å². The molecule has 0 aromatic heterocycles. The third-order valence-corrected chi connectivity index (χ3v) is 3.03. The molecule has 1 nitrogen and oxygen atoms in total. The summed E-state index contributed by atoms with van der Waals surface area (Å²) in [7, 11) is 0. The van der Waals surface area contributed by atoms with Crippen molar-refractivity contribution in [3.05, 3.63) is 75.5 Å². The van der Waals surface area contributed by atoms with Crippen molar-refractivity contribution in [1.29, 1.82) is 0 Å². The highest BCUT2D eigenvalue weighted by Crippen LogP contribution is 2.21. The van der Waals surface area contributed by atoms with Gasteiger partial charge in [-0.15, -0.1) is 0 Å². The van der Waals surface area contributed by atoms with Crippen molar-refractivity contribution in [3.8, 4) is 0 Å². The number of rotatable bonds is 3. The smallest absolute Gasteiger partial charge is 0.187 e. The van der Waals surface area contributed by atoms with Gasteiger partial charge in [-0.3, -0.25) is 4.79 Å². The summed E-state index contributed by atoms with van der Waals surface area (Å²) in [5, 5.41) is 0.769. The second kappa shape index (κ2) is 6.00. The number of carbonyl (C=O) groups is 1. The van der Waals surface area contributed by atoms with Crippen molar-refractivity contribution >= 4 is 35.1 Å². The third kappa shape index (κ3) is 3.66. The van der Waals surface area contributed by atoms with Crippen LogP contribution >= 0.6 is 23.2 Å². The van der Waals surface area contributed by atoms with Gasteiger partial charge in [0.25, 0.3) is 0 Å². The Morgan fingerprint density at radius 1 is 1.11 bits per heavy atom. The van der Waals surface area contributed by atoms with Gasteiger partial charge in [0.15, 0.2) is 5.78 Å². The molecule has 0 spiro atoms.